The Hall–Kier alpha value is -0.770. The smallest absolute Gasteiger partial charge is 0.219 e. The molecule has 0 N–H and O–H groups in total. The van der Waals surface area contributed by atoms with Gasteiger partial charge in [0.2, 0.25) is 5.91 Å². The lowest BCUT2D eigenvalue weighted by Gasteiger charge is -2.24. The SMILES string of the molecule is CC(=O)N1CCC2(CCN(Cc3cc(Cl)ccc3Cl)C2)C1. The lowest BCUT2D eigenvalue weighted by atomic mass is 9.86. The Kier molecular flexibility index (Phi) is 4.17. The molecule has 2 aliphatic rings. The molecule has 1 amide bonds. The van der Waals surface area contributed by atoms with Crippen LogP contribution in [0.4, 0.5) is 0 Å². The summed E-state index contributed by atoms with van der Waals surface area (Å²) in [7, 11) is 0. The summed E-state index contributed by atoms with van der Waals surface area (Å²) in [6.07, 6.45) is 2.28. The Morgan fingerprint density at radius 2 is 2.00 bits per heavy atom. The molecule has 1 spiro atoms. The predicted molar refractivity (Wildman–Crippen MR) is 85.7 cm³/mol. The average Bonchev–Trinajstić information content (AvgIpc) is 3.02. The molecule has 1 aromatic rings. The lowest BCUT2D eigenvalue weighted by Crippen LogP contribution is -2.32. The van der Waals surface area contributed by atoms with Crippen molar-refractivity contribution in [2.75, 3.05) is 26.2 Å². The zero-order valence-electron chi connectivity index (χ0n) is 12.2. The van der Waals surface area contributed by atoms with Crippen LogP contribution in [-0.4, -0.2) is 41.9 Å². The minimum absolute atomic E-state index is 0.197. The van der Waals surface area contributed by atoms with Gasteiger partial charge >= 0.3 is 0 Å². The van der Waals surface area contributed by atoms with E-state index in [4.69, 9.17) is 23.2 Å². The van der Waals surface area contributed by atoms with Crippen molar-refractivity contribution in [2.24, 2.45) is 5.41 Å². The van der Waals surface area contributed by atoms with Gasteiger partial charge in [0.25, 0.3) is 0 Å². The van der Waals surface area contributed by atoms with E-state index in [1.165, 1.54) is 0 Å². The van der Waals surface area contributed by atoms with Gasteiger partial charge in [-0.1, -0.05) is 23.2 Å². The Labute approximate surface area is 135 Å². The number of amides is 1. The predicted octanol–water partition coefficient (Wildman–Crippen LogP) is 3.44. The van der Waals surface area contributed by atoms with Gasteiger partial charge in [0.15, 0.2) is 0 Å². The lowest BCUT2D eigenvalue weighted by molar-refractivity contribution is -0.128. The van der Waals surface area contributed by atoms with Gasteiger partial charge in [0, 0.05) is 48.6 Å². The highest BCUT2D eigenvalue weighted by Gasteiger charge is 2.43. The molecule has 3 rings (SSSR count). The molecule has 0 aromatic heterocycles. The van der Waals surface area contributed by atoms with Crippen LogP contribution in [-0.2, 0) is 11.3 Å². The van der Waals surface area contributed by atoms with E-state index in [1.807, 2.05) is 23.1 Å². The Morgan fingerprint density at radius 3 is 2.71 bits per heavy atom. The fourth-order valence-electron chi connectivity index (χ4n) is 3.61. The van der Waals surface area contributed by atoms with Crippen LogP contribution in [0.2, 0.25) is 10.0 Å². The number of hydrogen-bond acceptors (Lipinski definition) is 2. The molecule has 2 saturated heterocycles. The maximum Gasteiger partial charge on any atom is 0.219 e. The number of hydrogen-bond donors (Lipinski definition) is 0. The highest BCUT2D eigenvalue weighted by Crippen LogP contribution is 2.40. The third-order valence-corrected chi connectivity index (χ3v) is 5.41. The quantitative estimate of drug-likeness (QED) is 0.831. The fraction of sp³-hybridized carbons (Fsp3) is 0.562. The molecular weight excluding hydrogens is 307 g/mol. The number of rotatable bonds is 2. The van der Waals surface area contributed by atoms with Crippen LogP contribution in [0.15, 0.2) is 18.2 Å². The molecule has 2 aliphatic heterocycles. The van der Waals surface area contributed by atoms with Crippen molar-refractivity contribution < 1.29 is 4.79 Å². The van der Waals surface area contributed by atoms with Crippen molar-refractivity contribution in [3.05, 3.63) is 33.8 Å². The monoisotopic (exact) mass is 326 g/mol. The van der Waals surface area contributed by atoms with Crippen LogP contribution < -0.4 is 0 Å². The third kappa shape index (κ3) is 3.20. The molecule has 114 valence electrons. The molecule has 1 atom stereocenters. The van der Waals surface area contributed by atoms with Crippen LogP contribution in [0.1, 0.15) is 25.3 Å². The molecule has 21 heavy (non-hydrogen) atoms. The zero-order valence-corrected chi connectivity index (χ0v) is 13.8. The van der Waals surface area contributed by atoms with E-state index in [2.05, 4.69) is 4.90 Å². The highest BCUT2D eigenvalue weighted by atomic mass is 35.5. The van der Waals surface area contributed by atoms with Crippen molar-refractivity contribution in [1.29, 1.82) is 0 Å². The van der Waals surface area contributed by atoms with Gasteiger partial charge in [0.05, 0.1) is 0 Å². The minimum atomic E-state index is 0.197. The van der Waals surface area contributed by atoms with Crippen LogP contribution in [0.3, 0.4) is 0 Å². The number of carbonyl (C=O) groups excluding carboxylic acids is 1. The van der Waals surface area contributed by atoms with Crippen LogP contribution in [0.5, 0.6) is 0 Å². The summed E-state index contributed by atoms with van der Waals surface area (Å²) in [6, 6.07) is 5.63. The van der Waals surface area contributed by atoms with Gasteiger partial charge in [-0.15, -0.1) is 0 Å². The van der Waals surface area contributed by atoms with Crippen molar-refractivity contribution in [3.8, 4) is 0 Å². The number of carbonyl (C=O) groups is 1. The highest BCUT2D eigenvalue weighted by molar-refractivity contribution is 6.33. The Morgan fingerprint density at radius 1 is 1.24 bits per heavy atom. The zero-order chi connectivity index (χ0) is 15.0. The normalized spacial score (nSPS) is 26.0. The standard InChI is InChI=1S/C16H20Cl2N2O/c1-12(21)20-7-5-16(11-20)4-6-19(10-16)9-13-8-14(17)2-3-15(13)18/h2-3,8H,4-7,9-11H2,1H3. The molecule has 1 aromatic carbocycles. The number of nitrogens with zero attached hydrogens (tertiary/aromatic N) is 2. The van der Waals surface area contributed by atoms with Crippen molar-refractivity contribution >= 4 is 29.1 Å². The summed E-state index contributed by atoms with van der Waals surface area (Å²) < 4.78 is 0. The number of likely N-dealkylation sites (tertiary alicyclic amines) is 2. The second-order valence-corrected chi connectivity index (χ2v) is 7.23. The Balaban J connectivity index is 1.65. The molecule has 1 unspecified atom stereocenters. The summed E-state index contributed by atoms with van der Waals surface area (Å²) in [6.45, 7) is 6.41. The van der Waals surface area contributed by atoms with E-state index in [9.17, 15) is 4.79 Å². The molecule has 2 fully saturated rings. The molecule has 0 saturated carbocycles. The molecular formula is C16H20Cl2N2O. The fourth-order valence-corrected chi connectivity index (χ4v) is 3.98. The molecule has 0 radical (unpaired) electrons. The topological polar surface area (TPSA) is 23.6 Å². The van der Waals surface area contributed by atoms with E-state index in [1.54, 1.807) is 6.92 Å². The van der Waals surface area contributed by atoms with Gasteiger partial charge in [-0.3, -0.25) is 9.69 Å². The molecule has 0 bridgehead atoms. The summed E-state index contributed by atoms with van der Waals surface area (Å²) in [4.78, 5) is 15.9. The third-order valence-electron chi connectivity index (χ3n) is 4.80. The number of halogens is 2. The summed E-state index contributed by atoms with van der Waals surface area (Å²) in [5.41, 5.74) is 1.37. The van der Waals surface area contributed by atoms with Crippen molar-refractivity contribution in [3.63, 3.8) is 0 Å². The average molecular weight is 327 g/mol. The molecule has 2 heterocycles. The Bertz CT molecular complexity index is 563. The van der Waals surface area contributed by atoms with Crippen molar-refractivity contribution in [1.82, 2.24) is 9.80 Å². The van der Waals surface area contributed by atoms with E-state index in [0.29, 0.717) is 0 Å². The van der Waals surface area contributed by atoms with Gasteiger partial charge in [-0.05, 0) is 43.1 Å². The largest absolute Gasteiger partial charge is 0.342 e. The van der Waals surface area contributed by atoms with E-state index in [0.717, 1.165) is 61.2 Å². The maximum absolute atomic E-state index is 11.5. The maximum atomic E-state index is 11.5. The van der Waals surface area contributed by atoms with Gasteiger partial charge in [-0.25, -0.2) is 0 Å². The van der Waals surface area contributed by atoms with E-state index in [-0.39, 0.29) is 11.3 Å². The van der Waals surface area contributed by atoms with Gasteiger partial charge < -0.3 is 4.90 Å². The molecule has 0 aliphatic carbocycles. The summed E-state index contributed by atoms with van der Waals surface area (Å²) >= 11 is 12.3. The van der Waals surface area contributed by atoms with Crippen molar-refractivity contribution in [2.45, 2.75) is 26.3 Å². The van der Waals surface area contributed by atoms with Crippen LogP contribution >= 0.6 is 23.2 Å². The second-order valence-electron chi connectivity index (χ2n) is 6.39. The van der Waals surface area contributed by atoms with E-state index < -0.39 is 0 Å². The van der Waals surface area contributed by atoms with Gasteiger partial charge in [0.1, 0.15) is 0 Å². The second kappa shape index (κ2) is 5.79. The summed E-state index contributed by atoms with van der Waals surface area (Å²) in [5, 5.41) is 1.50. The number of benzene rings is 1. The van der Waals surface area contributed by atoms with E-state index >= 15 is 0 Å². The first-order valence-electron chi connectivity index (χ1n) is 7.39. The first kappa shape index (κ1) is 15.1. The van der Waals surface area contributed by atoms with Crippen LogP contribution in [0.25, 0.3) is 0 Å². The molecule has 5 heteroatoms. The minimum Gasteiger partial charge on any atom is -0.342 e. The first-order valence-corrected chi connectivity index (χ1v) is 8.15. The molecule has 3 nitrogen and oxygen atoms in total. The summed E-state index contributed by atoms with van der Waals surface area (Å²) in [5.74, 6) is 0.197. The first-order chi connectivity index (χ1) is 9.97. The van der Waals surface area contributed by atoms with Gasteiger partial charge in [-0.2, -0.15) is 0 Å². The van der Waals surface area contributed by atoms with Crippen LogP contribution in [0, 0.1) is 5.41 Å².